The molecule has 1 aromatic carbocycles. The molecule has 148 valence electrons. The molecular formula is C20H22N8S. The van der Waals surface area contributed by atoms with Crippen molar-refractivity contribution < 1.29 is 0 Å². The number of aryl methyl sites for hydroxylation is 1. The van der Waals surface area contributed by atoms with E-state index in [1.807, 2.05) is 23.7 Å². The molecule has 2 atom stereocenters. The highest BCUT2D eigenvalue weighted by molar-refractivity contribution is 7.80. The first kappa shape index (κ1) is 19.0. The zero-order chi connectivity index (χ0) is 20.4. The molecule has 2 heterocycles. The minimum absolute atomic E-state index is 0.184. The van der Waals surface area contributed by atoms with Crippen LogP contribution in [0.15, 0.2) is 54.0 Å². The summed E-state index contributed by atoms with van der Waals surface area (Å²) in [4.78, 5) is 13.5. The number of rotatable bonds is 6. The number of imidazole rings is 1. The van der Waals surface area contributed by atoms with Gasteiger partial charge in [-0.3, -0.25) is 0 Å². The number of nitrogens with zero attached hydrogens (tertiary/aromatic N) is 6. The Labute approximate surface area is 174 Å². The quantitative estimate of drug-likeness (QED) is 0.368. The van der Waals surface area contributed by atoms with Crippen molar-refractivity contribution in [3.05, 3.63) is 60.2 Å². The zero-order valence-electron chi connectivity index (χ0n) is 16.2. The molecule has 0 bridgehead atoms. The van der Waals surface area contributed by atoms with Gasteiger partial charge in [0.15, 0.2) is 5.11 Å². The van der Waals surface area contributed by atoms with Crippen LogP contribution in [-0.4, -0.2) is 48.9 Å². The van der Waals surface area contributed by atoms with E-state index < -0.39 is 0 Å². The summed E-state index contributed by atoms with van der Waals surface area (Å²) < 4.78 is 1.91. The maximum Gasteiger partial charge on any atom is 0.224 e. The molecule has 8 nitrogen and oxygen atoms in total. The largest absolute Gasteiger partial charge is 0.375 e. The minimum atomic E-state index is 0.184. The van der Waals surface area contributed by atoms with Crippen molar-refractivity contribution in [2.24, 2.45) is 17.9 Å². The van der Waals surface area contributed by atoms with E-state index in [1.165, 1.54) is 10.6 Å². The van der Waals surface area contributed by atoms with Crippen LogP contribution >= 0.6 is 12.2 Å². The third-order valence-corrected chi connectivity index (χ3v) is 5.10. The van der Waals surface area contributed by atoms with Crippen LogP contribution in [0.1, 0.15) is 23.6 Å². The van der Waals surface area contributed by atoms with E-state index in [4.69, 9.17) is 22.9 Å². The molecule has 3 aromatic rings. The molecular weight excluding hydrogens is 384 g/mol. The predicted octanol–water partition coefficient (Wildman–Crippen LogP) is 2.35. The molecule has 0 radical (unpaired) electrons. The van der Waals surface area contributed by atoms with Gasteiger partial charge >= 0.3 is 0 Å². The Kier molecular flexibility index (Phi) is 5.22. The van der Waals surface area contributed by atoms with Crippen LogP contribution in [-0.2, 0) is 7.05 Å². The highest BCUT2D eigenvalue weighted by Crippen LogP contribution is 2.42. The van der Waals surface area contributed by atoms with Crippen LogP contribution in [0.3, 0.4) is 0 Å². The number of thiocarbonyl (C=S) groups is 1. The monoisotopic (exact) mass is 406 g/mol. The summed E-state index contributed by atoms with van der Waals surface area (Å²) in [5.41, 5.74) is 9.22. The van der Waals surface area contributed by atoms with E-state index in [1.54, 1.807) is 25.8 Å². The fourth-order valence-corrected chi connectivity index (χ4v) is 3.17. The number of benzene rings is 1. The van der Waals surface area contributed by atoms with Crippen LogP contribution in [0.25, 0.3) is 11.4 Å². The van der Waals surface area contributed by atoms with E-state index in [9.17, 15) is 0 Å². The maximum absolute atomic E-state index is 5.59. The van der Waals surface area contributed by atoms with Gasteiger partial charge < -0.3 is 15.6 Å². The Bertz CT molecular complexity index is 1050. The van der Waals surface area contributed by atoms with Crippen molar-refractivity contribution in [1.29, 1.82) is 0 Å². The number of nitrogens with two attached hydrogens (primary N) is 1. The Balaban J connectivity index is 1.60. The molecule has 1 fully saturated rings. The third-order valence-electron chi connectivity index (χ3n) is 4.84. The fraction of sp³-hybridized carbons (Fsp3) is 0.250. The summed E-state index contributed by atoms with van der Waals surface area (Å²) in [5.74, 6) is 1.03. The summed E-state index contributed by atoms with van der Waals surface area (Å²) in [6, 6.07) is 12.6. The summed E-state index contributed by atoms with van der Waals surface area (Å²) in [7, 11) is 3.62. The lowest BCUT2D eigenvalue weighted by molar-refractivity contribution is 0.552. The number of hydrogen-bond donors (Lipinski definition) is 2. The molecule has 9 heteroatoms. The Morgan fingerprint density at radius 2 is 2.14 bits per heavy atom. The number of hydrazone groups is 1. The van der Waals surface area contributed by atoms with Gasteiger partial charge in [0.25, 0.3) is 0 Å². The summed E-state index contributed by atoms with van der Waals surface area (Å²) in [6.45, 7) is 0. The first-order valence-corrected chi connectivity index (χ1v) is 9.66. The van der Waals surface area contributed by atoms with Crippen molar-refractivity contribution >= 4 is 29.5 Å². The van der Waals surface area contributed by atoms with Gasteiger partial charge in [-0.1, -0.05) is 30.3 Å². The van der Waals surface area contributed by atoms with Crippen LogP contribution in [0.5, 0.6) is 0 Å². The highest BCUT2D eigenvalue weighted by atomic mass is 32.1. The van der Waals surface area contributed by atoms with Crippen LogP contribution < -0.4 is 11.1 Å². The molecule has 0 saturated heterocycles. The molecule has 0 spiro atoms. The van der Waals surface area contributed by atoms with Gasteiger partial charge in [0.1, 0.15) is 0 Å². The van der Waals surface area contributed by atoms with Crippen molar-refractivity contribution in [2.45, 2.75) is 18.4 Å². The average Bonchev–Trinajstić information content (AvgIpc) is 3.35. The second-order valence-corrected chi connectivity index (χ2v) is 7.42. The van der Waals surface area contributed by atoms with Crippen molar-refractivity contribution in [3.8, 4) is 11.4 Å². The Hall–Kier alpha value is -3.33. The molecule has 29 heavy (non-hydrogen) atoms. The SMILES string of the molecule is CN(/N=C/c1cc(-c2cncn2C)nc(N[C@@H]2C[C@H]2c2ccccc2)n1)C(N)=S. The second kappa shape index (κ2) is 7.96. The highest BCUT2D eigenvalue weighted by Gasteiger charge is 2.38. The van der Waals surface area contributed by atoms with E-state index >= 15 is 0 Å². The number of hydrogen-bond acceptors (Lipinski definition) is 6. The van der Waals surface area contributed by atoms with Gasteiger partial charge in [-0.2, -0.15) is 5.10 Å². The Morgan fingerprint density at radius 1 is 1.34 bits per heavy atom. The lowest BCUT2D eigenvalue weighted by Crippen LogP contribution is -2.27. The fourth-order valence-electron chi connectivity index (χ4n) is 3.12. The van der Waals surface area contributed by atoms with E-state index in [0.717, 1.165) is 17.8 Å². The standard InChI is InChI=1S/C20H22N8S/c1-27-12-22-11-18(27)17-8-14(10-23-28(2)19(21)29)24-20(26-17)25-16-9-15(16)13-6-4-3-5-7-13/h3-8,10-12,15-16H,9H2,1-2H3,(H2,21,29)(H,24,25,26)/b23-10+/t15-,16+/m0/s1. The Morgan fingerprint density at radius 3 is 2.83 bits per heavy atom. The van der Waals surface area contributed by atoms with Crippen LogP contribution in [0.4, 0.5) is 5.95 Å². The lowest BCUT2D eigenvalue weighted by atomic mass is 10.1. The molecule has 2 aromatic heterocycles. The van der Waals surface area contributed by atoms with Gasteiger partial charge in [0, 0.05) is 26.1 Å². The summed E-state index contributed by atoms with van der Waals surface area (Å²) >= 11 is 4.93. The van der Waals surface area contributed by atoms with E-state index in [2.05, 4.69) is 44.7 Å². The molecule has 0 amide bonds. The maximum atomic E-state index is 5.59. The van der Waals surface area contributed by atoms with E-state index in [-0.39, 0.29) is 5.11 Å². The molecule has 1 aliphatic rings. The minimum Gasteiger partial charge on any atom is -0.375 e. The molecule has 0 unspecified atom stereocenters. The van der Waals surface area contributed by atoms with Crippen molar-refractivity contribution in [3.63, 3.8) is 0 Å². The molecule has 0 aliphatic heterocycles. The predicted molar refractivity (Wildman–Crippen MR) is 118 cm³/mol. The zero-order valence-corrected chi connectivity index (χ0v) is 17.0. The summed E-state index contributed by atoms with van der Waals surface area (Å²) in [5, 5.41) is 9.30. The van der Waals surface area contributed by atoms with Gasteiger partial charge in [-0.25, -0.2) is 20.0 Å². The topological polar surface area (TPSA) is 97.2 Å². The normalized spacial score (nSPS) is 18.0. The van der Waals surface area contributed by atoms with Crippen molar-refractivity contribution in [2.75, 3.05) is 12.4 Å². The lowest BCUT2D eigenvalue weighted by Gasteiger charge is -2.10. The molecule has 1 saturated carbocycles. The van der Waals surface area contributed by atoms with Gasteiger partial charge in [0.05, 0.1) is 35.8 Å². The summed E-state index contributed by atoms with van der Waals surface area (Å²) in [6.07, 6.45) is 6.19. The van der Waals surface area contributed by atoms with Crippen LogP contribution in [0, 0.1) is 0 Å². The van der Waals surface area contributed by atoms with Gasteiger partial charge in [-0.15, -0.1) is 0 Å². The first-order chi connectivity index (χ1) is 14.0. The molecule has 3 N–H and O–H groups in total. The number of nitrogens with one attached hydrogen (secondary N) is 1. The smallest absolute Gasteiger partial charge is 0.224 e. The first-order valence-electron chi connectivity index (χ1n) is 9.25. The van der Waals surface area contributed by atoms with Crippen LogP contribution in [0.2, 0.25) is 0 Å². The molecule has 4 rings (SSSR count). The van der Waals surface area contributed by atoms with E-state index in [0.29, 0.717) is 23.6 Å². The van der Waals surface area contributed by atoms with Gasteiger partial charge in [-0.05, 0) is 30.3 Å². The number of anilines is 1. The van der Waals surface area contributed by atoms with Gasteiger partial charge in [0.2, 0.25) is 5.95 Å². The van der Waals surface area contributed by atoms with Crippen molar-refractivity contribution in [1.82, 2.24) is 24.5 Å². The molecule has 1 aliphatic carbocycles. The third kappa shape index (κ3) is 4.40. The number of aromatic nitrogens is 4. The second-order valence-electron chi connectivity index (χ2n) is 7.00. The average molecular weight is 407 g/mol.